The van der Waals surface area contributed by atoms with Gasteiger partial charge < -0.3 is 27.1 Å². The molecule has 0 aromatic carbocycles. The molecule has 1 aliphatic heterocycles. The van der Waals surface area contributed by atoms with Crippen LogP contribution < -0.4 is 16.8 Å². The molecule has 1 fully saturated rings. The van der Waals surface area contributed by atoms with E-state index in [0.29, 0.717) is 41.0 Å². The number of anilines is 3. The van der Waals surface area contributed by atoms with Crippen molar-refractivity contribution in [3.05, 3.63) is 34.3 Å². The highest BCUT2D eigenvalue weighted by atomic mass is 32.1. The van der Waals surface area contributed by atoms with Crippen LogP contribution in [-0.4, -0.2) is 34.5 Å². The summed E-state index contributed by atoms with van der Waals surface area (Å²) in [5.41, 5.74) is 13.7. The van der Waals surface area contributed by atoms with Crippen molar-refractivity contribution in [2.45, 2.75) is 39.2 Å². The number of thiophene rings is 1. The number of nitrogens with two attached hydrogens (primary N) is 2. The van der Waals surface area contributed by atoms with Gasteiger partial charge in [0, 0.05) is 23.2 Å². The number of nitrogen functional groups attached to an aromatic ring is 2. The summed E-state index contributed by atoms with van der Waals surface area (Å²) in [7, 11) is 0. The van der Waals surface area contributed by atoms with Gasteiger partial charge in [0.1, 0.15) is 5.82 Å². The zero-order valence-electron chi connectivity index (χ0n) is 16.6. The zero-order chi connectivity index (χ0) is 21.1. The Morgan fingerprint density at radius 3 is 2.79 bits per heavy atom. The molecule has 1 aliphatic rings. The van der Waals surface area contributed by atoms with Gasteiger partial charge in [0.2, 0.25) is 0 Å². The van der Waals surface area contributed by atoms with Crippen molar-refractivity contribution in [2.75, 3.05) is 23.3 Å². The number of aromatic nitrogens is 1. The number of carbonyl (C=O) groups excluding carboxylic acids is 2. The fraction of sp³-hybridized carbons (Fsp3) is 0.400. The summed E-state index contributed by atoms with van der Waals surface area (Å²) in [6.07, 6.45) is 5.04. The van der Waals surface area contributed by atoms with Gasteiger partial charge in [-0.1, -0.05) is 13.8 Å². The maximum atomic E-state index is 13.0. The number of amides is 2. The fourth-order valence-electron chi connectivity index (χ4n) is 3.58. The lowest BCUT2D eigenvalue weighted by molar-refractivity contribution is -0.146. The van der Waals surface area contributed by atoms with Gasteiger partial charge in [-0.3, -0.25) is 9.59 Å². The molecule has 1 saturated heterocycles. The maximum Gasteiger partial charge on any atom is 0.313 e. The van der Waals surface area contributed by atoms with Crippen LogP contribution in [0.25, 0.3) is 0 Å². The van der Waals surface area contributed by atoms with E-state index in [1.165, 1.54) is 23.7 Å². The predicted molar refractivity (Wildman–Crippen MR) is 116 cm³/mol. The summed E-state index contributed by atoms with van der Waals surface area (Å²) in [6.45, 7) is 4.51. The third-order valence-corrected chi connectivity index (χ3v) is 6.29. The first kappa shape index (κ1) is 20.8. The minimum Gasteiger partial charge on any atom is -0.390 e. The van der Waals surface area contributed by atoms with E-state index in [1.54, 1.807) is 11.0 Å². The van der Waals surface area contributed by atoms with Gasteiger partial charge in [-0.2, -0.15) is 0 Å². The van der Waals surface area contributed by atoms with Gasteiger partial charge in [-0.05, 0) is 42.9 Å². The predicted octanol–water partition coefficient (Wildman–Crippen LogP) is 2.81. The summed E-state index contributed by atoms with van der Waals surface area (Å²) >= 11 is 1.37. The molecule has 6 N–H and O–H groups in total. The van der Waals surface area contributed by atoms with Crippen molar-refractivity contribution in [3.63, 3.8) is 0 Å². The molecule has 0 aliphatic carbocycles. The molecule has 29 heavy (non-hydrogen) atoms. The number of hydrogen-bond acceptors (Lipinski definition) is 7. The molecule has 3 rings (SSSR count). The van der Waals surface area contributed by atoms with Gasteiger partial charge >= 0.3 is 11.8 Å². The highest BCUT2D eigenvalue weighted by molar-refractivity contribution is 7.16. The van der Waals surface area contributed by atoms with E-state index in [0.717, 1.165) is 23.3 Å². The van der Waals surface area contributed by atoms with Crippen LogP contribution >= 0.6 is 11.3 Å². The molecule has 3 heterocycles. The summed E-state index contributed by atoms with van der Waals surface area (Å²) in [6, 6.07) is 3.35. The Hall–Kier alpha value is -2.94. The third kappa shape index (κ3) is 4.40. The minimum atomic E-state index is -0.700. The first-order valence-electron chi connectivity index (χ1n) is 9.60. The van der Waals surface area contributed by atoms with Crippen molar-refractivity contribution in [3.8, 4) is 0 Å². The number of pyridine rings is 1. The fourth-order valence-corrected chi connectivity index (χ4v) is 4.63. The van der Waals surface area contributed by atoms with Crippen LogP contribution in [0.1, 0.15) is 48.7 Å². The third-order valence-electron chi connectivity index (χ3n) is 5.21. The Kier molecular flexibility index (Phi) is 6.17. The number of nitrogens with zero attached hydrogens (tertiary/aromatic N) is 2. The standard InChI is InChI=1S/C20H26N6O2S/c1-3-12-6-14(9-24-17(12)22)25-19(27)20(28)26-10-11(2)4-5-15(26)16-7-13(8-21)18(23)29-16/h6-9,11,15,21H,3-5,10,23H2,1-2H3,(H2,22,24)(H,25,27)/t11-,15+/m0/s1. The van der Waals surface area contributed by atoms with Gasteiger partial charge in [-0.25, -0.2) is 4.98 Å². The van der Waals surface area contributed by atoms with E-state index < -0.39 is 11.8 Å². The highest BCUT2D eigenvalue weighted by Gasteiger charge is 2.35. The molecule has 9 heteroatoms. The van der Waals surface area contributed by atoms with Gasteiger partial charge in [0.25, 0.3) is 0 Å². The Balaban J connectivity index is 1.81. The number of nitrogens with one attached hydrogen (secondary N) is 2. The first-order valence-corrected chi connectivity index (χ1v) is 10.4. The summed E-state index contributed by atoms with van der Waals surface area (Å²) in [5.74, 6) is -0.569. The molecule has 0 radical (unpaired) electrons. The van der Waals surface area contributed by atoms with Crippen molar-refractivity contribution in [1.29, 1.82) is 5.41 Å². The quantitative estimate of drug-likeness (QED) is 0.450. The first-order chi connectivity index (χ1) is 13.8. The van der Waals surface area contributed by atoms with Gasteiger partial charge in [-0.15, -0.1) is 11.3 Å². The number of hydrogen-bond donors (Lipinski definition) is 4. The lowest BCUT2D eigenvalue weighted by atomic mass is 9.93. The second-order valence-electron chi connectivity index (χ2n) is 7.34. The molecule has 8 nitrogen and oxygen atoms in total. The summed E-state index contributed by atoms with van der Waals surface area (Å²) in [5, 5.41) is 10.7. The summed E-state index contributed by atoms with van der Waals surface area (Å²) < 4.78 is 0. The number of likely N-dealkylation sites (tertiary alicyclic amines) is 1. The molecule has 0 saturated carbocycles. The van der Waals surface area contributed by atoms with E-state index in [1.807, 2.05) is 13.0 Å². The molecule has 2 aromatic heterocycles. The smallest absolute Gasteiger partial charge is 0.313 e. The summed E-state index contributed by atoms with van der Waals surface area (Å²) in [4.78, 5) is 32.3. The van der Waals surface area contributed by atoms with E-state index in [9.17, 15) is 9.59 Å². The Morgan fingerprint density at radius 1 is 1.38 bits per heavy atom. The molecule has 154 valence electrons. The van der Waals surface area contributed by atoms with Gasteiger partial charge in [0.05, 0.1) is 22.9 Å². The molecule has 2 amide bonds. The SMILES string of the molecule is CCc1cc(NC(=O)C(=O)N2C[C@@H](C)CC[C@@H]2c2cc(C=N)c(N)s2)cnc1N. The molecular formula is C20H26N6O2S. The zero-order valence-corrected chi connectivity index (χ0v) is 17.4. The van der Waals surface area contributed by atoms with Crippen molar-refractivity contribution in [2.24, 2.45) is 5.92 Å². The van der Waals surface area contributed by atoms with E-state index in [-0.39, 0.29) is 6.04 Å². The van der Waals surface area contributed by atoms with Crippen LogP contribution in [0.15, 0.2) is 18.3 Å². The number of piperidine rings is 1. The number of aryl methyl sites for hydroxylation is 1. The lowest BCUT2D eigenvalue weighted by Gasteiger charge is -2.37. The van der Waals surface area contributed by atoms with E-state index in [4.69, 9.17) is 16.9 Å². The van der Waals surface area contributed by atoms with Gasteiger partial charge in [0.15, 0.2) is 0 Å². The van der Waals surface area contributed by atoms with Crippen molar-refractivity contribution in [1.82, 2.24) is 9.88 Å². The molecule has 2 atom stereocenters. The normalized spacial score (nSPS) is 19.0. The second-order valence-corrected chi connectivity index (χ2v) is 8.46. The Morgan fingerprint density at radius 2 is 2.14 bits per heavy atom. The van der Waals surface area contributed by atoms with Crippen LogP contribution in [0.4, 0.5) is 16.5 Å². The Labute approximate surface area is 173 Å². The minimum absolute atomic E-state index is 0.221. The topological polar surface area (TPSA) is 138 Å². The lowest BCUT2D eigenvalue weighted by Crippen LogP contribution is -2.46. The van der Waals surface area contributed by atoms with Crippen LogP contribution in [0, 0.1) is 11.3 Å². The number of carbonyl (C=O) groups is 2. The van der Waals surface area contributed by atoms with Crippen LogP contribution in [-0.2, 0) is 16.0 Å². The largest absolute Gasteiger partial charge is 0.390 e. The molecular weight excluding hydrogens is 388 g/mol. The van der Waals surface area contributed by atoms with E-state index in [2.05, 4.69) is 17.2 Å². The van der Waals surface area contributed by atoms with Crippen molar-refractivity contribution < 1.29 is 9.59 Å². The molecule has 0 spiro atoms. The second kappa shape index (κ2) is 8.60. The van der Waals surface area contributed by atoms with Crippen LogP contribution in [0.5, 0.6) is 0 Å². The molecule has 0 bridgehead atoms. The average Bonchev–Trinajstić information content (AvgIpc) is 3.09. The van der Waals surface area contributed by atoms with Crippen molar-refractivity contribution >= 4 is 45.9 Å². The Bertz CT molecular complexity index is 941. The van der Waals surface area contributed by atoms with Crippen LogP contribution in [0.3, 0.4) is 0 Å². The average molecular weight is 415 g/mol. The molecule has 0 unspecified atom stereocenters. The number of rotatable bonds is 4. The van der Waals surface area contributed by atoms with E-state index >= 15 is 0 Å². The van der Waals surface area contributed by atoms with Crippen LogP contribution in [0.2, 0.25) is 0 Å². The maximum absolute atomic E-state index is 13.0. The highest BCUT2D eigenvalue weighted by Crippen LogP contribution is 2.39. The monoisotopic (exact) mass is 414 g/mol. The molecule has 2 aromatic rings.